The lowest BCUT2D eigenvalue weighted by Gasteiger charge is -2.05. The van der Waals surface area contributed by atoms with Crippen molar-refractivity contribution in [3.8, 4) is 0 Å². The van der Waals surface area contributed by atoms with Crippen LogP contribution in [0.15, 0.2) is 17.8 Å². The summed E-state index contributed by atoms with van der Waals surface area (Å²) in [6.07, 6.45) is 1.05. The van der Waals surface area contributed by atoms with Crippen LogP contribution < -0.4 is 5.32 Å². The summed E-state index contributed by atoms with van der Waals surface area (Å²) in [5.74, 6) is -0.834. The maximum absolute atomic E-state index is 11.4. The molecule has 1 aromatic rings. The van der Waals surface area contributed by atoms with Gasteiger partial charge < -0.3 is 10.1 Å². The second-order valence-electron chi connectivity index (χ2n) is 2.86. The molecule has 0 aromatic carbocycles. The van der Waals surface area contributed by atoms with Crippen LogP contribution in [0.1, 0.15) is 0 Å². The Kier molecular flexibility index (Phi) is 5.14. The summed E-state index contributed by atoms with van der Waals surface area (Å²) in [6.45, 7) is 3.49. The highest BCUT2D eigenvalue weighted by Crippen LogP contribution is 1.95. The molecule has 92 valence electrons. The van der Waals surface area contributed by atoms with E-state index in [1.54, 1.807) is 0 Å². The van der Waals surface area contributed by atoms with Gasteiger partial charge in [0, 0.05) is 6.08 Å². The third kappa shape index (κ3) is 4.64. The van der Waals surface area contributed by atoms with Gasteiger partial charge in [-0.2, -0.15) is 0 Å². The van der Waals surface area contributed by atoms with E-state index in [0.29, 0.717) is 0 Å². The van der Waals surface area contributed by atoms with Crippen molar-refractivity contribution in [2.24, 2.45) is 0 Å². The zero-order valence-corrected chi connectivity index (χ0v) is 9.76. The second-order valence-corrected chi connectivity index (χ2v) is 3.26. The molecule has 0 saturated heterocycles. The molecule has 0 atom stereocenters. The van der Waals surface area contributed by atoms with Crippen molar-refractivity contribution < 1.29 is 14.3 Å². The molecule has 1 rings (SSSR count). The topological polar surface area (TPSA) is 99.0 Å². The molecule has 17 heavy (non-hydrogen) atoms. The molecule has 0 spiro atoms. The monoisotopic (exact) mass is 257 g/mol. The lowest BCUT2D eigenvalue weighted by molar-refractivity contribution is -0.138. The first-order valence-corrected chi connectivity index (χ1v) is 5.09. The molecule has 8 nitrogen and oxygen atoms in total. The Morgan fingerprint density at radius 1 is 1.59 bits per heavy atom. The van der Waals surface area contributed by atoms with Crippen molar-refractivity contribution in [1.82, 2.24) is 25.5 Å². The highest BCUT2D eigenvalue weighted by atomic mass is 32.1. The molecule has 0 radical (unpaired) electrons. The van der Waals surface area contributed by atoms with Gasteiger partial charge in [0.05, 0.1) is 6.54 Å². The van der Waals surface area contributed by atoms with E-state index in [1.165, 1.54) is 4.68 Å². The number of tetrazole rings is 1. The average molecular weight is 257 g/mol. The number of ether oxygens (including phenoxy) is 1. The molecular weight excluding hydrogens is 246 g/mol. The van der Waals surface area contributed by atoms with Crippen molar-refractivity contribution >= 4 is 24.5 Å². The molecule has 1 heterocycles. The quantitative estimate of drug-likeness (QED) is 0.288. The standard InChI is InChI=1S/C8H11N5O3S/c1-2-7(15)16-4-3-9-6(14)5-13-8(17)10-11-12-13/h2H,1,3-5H2,(H,9,14)(H,10,12,17). The summed E-state index contributed by atoms with van der Waals surface area (Å²) in [6, 6.07) is 0. The van der Waals surface area contributed by atoms with Crippen molar-refractivity contribution in [1.29, 1.82) is 0 Å². The van der Waals surface area contributed by atoms with Crippen molar-refractivity contribution in [2.45, 2.75) is 11.7 Å². The SMILES string of the molecule is C=CC(=O)OCCNC(=O)Cn1nnnc1S. The van der Waals surface area contributed by atoms with E-state index in [0.717, 1.165) is 6.08 Å². The summed E-state index contributed by atoms with van der Waals surface area (Å²) < 4.78 is 5.90. The molecule has 1 N–H and O–H groups in total. The van der Waals surface area contributed by atoms with Crippen molar-refractivity contribution in [3.63, 3.8) is 0 Å². The molecule has 1 aromatic heterocycles. The number of hydrogen-bond donors (Lipinski definition) is 2. The van der Waals surface area contributed by atoms with Gasteiger partial charge >= 0.3 is 5.97 Å². The number of amides is 1. The van der Waals surface area contributed by atoms with Gasteiger partial charge in [0.2, 0.25) is 11.1 Å². The fourth-order valence-corrected chi connectivity index (χ4v) is 1.05. The number of carbonyl (C=O) groups is 2. The van der Waals surface area contributed by atoms with Crippen LogP contribution in [0, 0.1) is 0 Å². The van der Waals surface area contributed by atoms with Crippen LogP contribution in [0.2, 0.25) is 0 Å². The lowest BCUT2D eigenvalue weighted by Crippen LogP contribution is -2.31. The van der Waals surface area contributed by atoms with E-state index in [-0.39, 0.29) is 30.8 Å². The molecule has 0 unspecified atom stereocenters. The fraction of sp³-hybridized carbons (Fsp3) is 0.375. The number of aromatic nitrogens is 4. The maximum atomic E-state index is 11.4. The van der Waals surface area contributed by atoms with Gasteiger partial charge in [0.15, 0.2) is 0 Å². The van der Waals surface area contributed by atoms with Gasteiger partial charge in [0.25, 0.3) is 0 Å². The highest BCUT2D eigenvalue weighted by Gasteiger charge is 2.07. The van der Waals surface area contributed by atoms with Gasteiger partial charge in [-0.25, -0.2) is 9.48 Å². The summed E-state index contributed by atoms with van der Waals surface area (Å²) in [4.78, 5) is 22.0. The first-order chi connectivity index (χ1) is 8.13. The van der Waals surface area contributed by atoms with Crippen LogP contribution >= 0.6 is 12.6 Å². The van der Waals surface area contributed by atoms with Crippen LogP contribution in [-0.2, 0) is 20.9 Å². The molecule has 0 aliphatic carbocycles. The third-order valence-electron chi connectivity index (χ3n) is 1.64. The van der Waals surface area contributed by atoms with E-state index in [2.05, 4.69) is 44.8 Å². The molecule has 0 fully saturated rings. The number of carbonyl (C=O) groups excluding carboxylic acids is 2. The highest BCUT2D eigenvalue weighted by molar-refractivity contribution is 7.80. The molecular formula is C8H11N5O3S. The Morgan fingerprint density at radius 3 is 2.94 bits per heavy atom. The second kappa shape index (κ2) is 6.63. The van der Waals surface area contributed by atoms with Gasteiger partial charge in [-0.1, -0.05) is 6.58 Å². The predicted octanol–water partition coefficient (Wildman–Crippen LogP) is -1.19. The van der Waals surface area contributed by atoms with Crippen molar-refractivity contribution in [3.05, 3.63) is 12.7 Å². The fourth-order valence-electron chi connectivity index (χ4n) is 0.895. The zero-order chi connectivity index (χ0) is 12.7. The predicted molar refractivity (Wildman–Crippen MR) is 59.2 cm³/mol. The smallest absolute Gasteiger partial charge is 0.330 e. The molecule has 0 aliphatic heterocycles. The van der Waals surface area contributed by atoms with Crippen LogP contribution in [0.3, 0.4) is 0 Å². The number of nitrogens with zero attached hydrogens (tertiary/aromatic N) is 4. The number of rotatable bonds is 6. The number of hydrogen-bond acceptors (Lipinski definition) is 7. The van der Waals surface area contributed by atoms with E-state index in [4.69, 9.17) is 0 Å². The van der Waals surface area contributed by atoms with Crippen LogP contribution in [0.4, 0.5) is 0 Å². The van der Waals surface area contributed by atoms with Gasteiger partial charge in [-0.3, -0.25) is 4.79 Å². The Hall–Kier alpha value is -1.90. The van der Waals surface area contributed by atoms with E-state index in [1.807, 2.05) is 0 Å². The van der Waals surface area contributed by atoms with Gasteiger partial charge in [0.1, 0.15) is 13.2 Å². The summed E-state index contributed by atoms with van der Waals surface area (Å²) in [5.41, 5.74) is 0. The summed E-state index contributed by atoms with van der Waals surface area (Å²) in [7, 11) is 0. The van der Waals surface area contributed by atoms with E-state index >= 15 is 0 Å². The van der Waals surface area contributed by atoms with E-state index < -0.39 is 5.97 Å². The molecule has 0 bridgehead atoms. The zero-order valence-electron chi connectivity index (χ0n) is 8.87. The number of esters is 1. The molecule has 0 aliphatic rings. The van der Waals surface area contributed by atoms with Gasteiger partial charge in [-0.05, 0) is 10.4 Å². The normalized spacial score (nSPS) is 9.71. The maximum Gasteiger partial charge on any atom is 0.330 e. The molecule has 0 saturated carbocycles. The Balaban J connectivity index is 2.20. The average Bonchev–Trinajstić information content (AvgIpc) is 2.70. The minimum Gasteiger partial charge on any atom is -0.461 e. The Labute approximate surface area is 102 Å². The van der Waals surface area contributed by atoms with Gasteiger partial charge in [-0.15, -0.1) is 17.7 Å². The number of nitrogens with one attached hydrogen (secondary N) is 1. The summed E-state index contributed by atoms with van der Waals surface area (Å²) >= 11 is 3.94. The minimum atomic E-state index is -0.530. The number of thiol groups is 1. The minimum absolute atomic E-state index is 0.0404. The lowest BCUT2D eigenvalue weighted by atomic mass is 10.5. The van der Waals surface area contributed by atoms with Crippen LogP contribution in [0.25, 0.3) is 0 Å². The third-order valence-corrected chi connectivity index (χ3v) is 1.96. The first-order valence-electron chi connectivity index (χ1n) is 4.64. The van der Waals surface area contributed by atoms with Crippen LogP contribution in [0.5, 0.6) is 0 Å². The van der Waals surface area contributed by atoms with Crippen LogP contribution in [-0.4, -0.2) is 45.2 Å². The Bertz CT molecular complexity index is 419. The molecule has 9 heteroatoms. The van der Waals surface area contributed by atoms with E-state index in [9.17, 15) is 9.59 Å². The summed E-state index contributed by atoms with van der Waals surface area (Å²) in [5, 5.41) is 13.2. The molecule has 1 amide bonds. The first kappa shape index (κ1) is 13.2. The van der Waals surface area contributed by atoms with Crippen molar-refractivity contribution in [2.75, 3.05) is 13.2 Å². The Morgan fingerprint density at radius 2 is 2.35 bits per heavy atom. The largest absolute Gasteiger partial charge is 0.461 e.